The van der Waals surface area contributed by atoms with Crippen LogP contribution in [0.2, 0.25) is 0 Å². The van der Waals surface area contributed by atoms with E-state index >= 15 is 0 Å². The summed E-state index contributed by atoms with van der Waals surface area (Å²) in [7, 11) is 0. The maximum atomic E-state index is 10.4. The number of aliphatic carboxylic acids is 1. The fourth-order valence-electron chi connectivity index (χ4n) is 1.30. The summed E-state index contributed by atoms with van der Waals surface area (Å²) in [5.74, 6) is -0.463. The van der Waals surface area contributed by atoms with Gasteiger partial charge in [-0.1, -0.05) is 11.8 Å². The molecule has 0 saturated heterocycles. The summed E-state index contributed by atoms with van der Waals surface area (Å²) >= 11 is 1.24. The zero-order valence-electron chi connectivity index (χ0n) is 9.70. The lowest BCUT2D eigenvalue weighted by Crippen LogP contribution is -2.16. The first-order valence-electron chi connectivity index (χ1n) is 5.14. The maximum Gasteiger partial charge on any atom is 0.306 e. The number of aromatic nitrogens is 3. The molecule has 1 heterocycles. The van der Waals surface area contributed by atoms with Crippen LogP contribution >= 0.6 is 11.8 Å². The number of nitrogen functional groups attached to an aromatic ring is 1. The lowest BCUT2D eigenvalue weighted by molar-refractivity contribution is -0.138. The van der Waals surface area contributed by atoms with E-state index in [2.05, 4.69) is 10.2 Å². The molecule has 1 unspecified atom stereocenters. The van der Waals surface area contributed by atoms with E-state index in [1.54, 1.807) is 4.57 Å². The molecule has 4 N–H and O–H groups in total. The van der Waals surface area contributed by atoms with E-state index in [1.807, 2.05) is 13.8 Å². The largest absolute Gasteiger partial charge is 0.481 e. The van der Waals surface area contributed by atoms with Gasteiger partial charge in [-0.25, -0.2) is 0 Å². The van der Waals surface area contributed by atoms with Crippen molar-refractivity contribution in [1.82, 2.24) is 14.8 Å². The Hall–Kier alpha value is -1.28. The molecule has 17 heavy (non-hydrogen) atoms. The van der Waals surface area contributed by atoms with Crippen LogP contribution in [0, 0.1) is 0 Å². The number of aliphatic hydroxyl groups is 1. The lowest BCUT2D eigenvalue weighted by Gasteiger charge is -2.12. The third kappa shape index (κ3) is 3.90. The molecule has 0 aromatic carbocycles. The molecular weight excluding hydrogens is 244 g/mol. The van der Waals surface area contributed by atoms with Gasteiger partial charge in [-0.3, -0.25) is 9.36 Å². The molecule has 0 fully saturated rings. The van der Waals surface area contributed by atoms with Gasteiger partial charge >= 0.3 is 5.97 Å². The number of carbonyl (C=O) groups is 1. The number of anilines is 1. The summed E-state index contributed by atoms with van der Waals surface area (Å²) in [6.07, 6.45) is -1.19. The van der Waals surface area contributed by atoms with Crippen molar-refractivity contribution >= 4 is 23.7 Å². The number of aliphatic hydroxyl groups excluding tert-OH is 1. The number of nitrogens with zero attached hydrogens (tertiary/aromatic N) is 3. The van der Waals surface area contributed by atoms with Crippen LogP contribution in [0.5, 0.6) is 0 Å². The second kappa shape index (κ2) is 5.87. The predicted octanol–water partition coefficient (Wildman–Crippen LogP) is 0.369. The topological polar surface area (TPSA) is 114 Å². The van der Waals surface area contributed by atoms with Crippen molar-refractivity contribution in [2.45, 2.75) is 37.6 Å². The van der Waals surface area contributed by atoms with Gasteiger partial charge in [0.25, 0.3) is 0 Å². The van der Waals surface area contributed by atoms with Crippen LogP contribution in [0.3, 0.4) is 0 Å². The monoisotopic (exact) mass is 260 g/mol. The van der Waals surface area contributed by atoms with E-state index < -0.39 is 12.1 Å². The molecule has 7 nitrogen and oxygen atoms in total. The van der Waals surface area contributed by atoms with Gasteiger partial charge in [0.15, 0.2) is 5.16 Å². The minimum Gasteiger partial charge on any atom is -0.481 e. The van der Waals surface area contributed by atoms with Crippen molar-refractivity contribution in [3.05, 3.63) is 0 Å². The summed E-state index contributed by atoms with van der Waals surface area (Å²) < 4.78 is 1.73. The summed E-state index contributed by atoms with van der Waals surface area (Å²) in [6, 6.07) is 0.115. The van der Waals surface area contributed by atoms with Crippen molar-refractivity contribution in [3.8, 4) is 0 Å². The molecule has 0 aliphatic carbocycles. The average Bonchev–Trinajstić information content (AvgIpc) is 2.55. The van der Waals surface area contributed by atoms with Crippen LogP contribution in [-0.4, -0.2) is 42.8 Å². The van der Waals surface area contributed by atoms with Crippen LogP contribution < -0.4 is 5.73 Å². The van der Waals surface area contributed by atoms with Gasteiger partial charge < -0.3 is 15.9 Å². The first-order chi connectivity index (χ1) is 7.91. The van der Waals surface area contributed by atoms with Crippen LogP contribution in [0.1, 0.15) is 26.3 Å². The minimum atomic E-state index is -1.03. The smallest absolute Gasteiger partial charge is 0.306 e. The Kier molecular flexibility index (Phi) is 4.76. The van der Waals surface area contributed by atoms with E-state index in [1.165, 1.54) is 11.8 Å². The number of thioether (sulfide) groups is 1. The number of carboxylic acids is 1. The quantitative estimate of drug-likeness (QED) is 0.633. The number of hydrogen-bond acceptors (Lipinski definition) is 6. The molecule has 96 valence electrons. The van der Waals surface area contributed by atoms with Gasteiger partial charge in [-0.2, -0.15) is 0 Å². The first-order valence-corrected chi connectivity index (χ1v) is 6.13. The van der Waals surface area contributed by atoms with E-state index in [0.717, 1.165) is 0 Å². The Morgan fingerprint density at radius 2 is 2.18 bits per heavy atom. The Balaban J connectivity index is 2.60. The zero-order chi connectivity index (χ0) is 13.0. The normalized spacial score (nSPS) is 12.9. The van der Waals surface area contributed by atoms with Crippen LogP contribution in [0.15, 0.2) is 5.16 Å². The van der Waals surface area contributed by atoms with E-state index in [0.29, 0.717) is 11.1 Å². The number of hydrogen-bond donors (Lipinski definition) is 3. The molecule has 1 aromatic rings. The molecule has 0 saturated carbocycles. The molecule has 1 rings (SSSR count). The fourth-order valence-corrected chi connectivity index (χ4v) is 2.30. The average molecular weight is 260 g/mol. The molecule has 0 amide bonds. The summed E-state index contributed by atoms with van der Waals surface area (Å²) in [6.45, 7) is 3.88. The third-order valence-electron chi connectivity index (χ3n) is 2.02. The highest BCUT2D eigenvalue weighted by molar-refractivity contribution is 7.99. The molecule has 8 heteroatoms. The van der Waals surface area contributed by atoms with Gasteiger partial charge in [-0.05, 0) is 13.8 Å². The Labute approximate surface area is 103 Å². The highest BCUT2D eigenvalue weighted by Crippen LogP contribution is 2.23. The highest BCUT2D eigenvalue weighted by Gasteiger charge is 2.16. The van der Waals surface area contributed by atoms with Gasteiger partial charge in [0.1, 0.15) is 0 Å². The van der Waals surface area contributed by atoms with Gasteiger partial charge in [0.05, 0.1) is 12.5 Å². The molecule has 0 aliphatic heterocycles. The summed E-state index contributed by atoms with van der Waals surface area (Å²) in [4.78, 5) is 10.4. The van der Waals surface area contributed by atoms with Crippen molar-refractivity contribution in [2.24, 2.45) is 0 Å². The Morgan fingerprint density at radius 1 is 1.53 bits per heavy atom. The number of rotatable bonds is 6. The molecule has 0 radical (unpaired) electrons. The van der Waals surface area contributed by atoms with E-state index in [4.69, 9.17) is 10.8 Å². The van der Waals surface area contributed by atoms with Crippen LogP contribution in [0.25, 0.3) is 0 Å². The fraction of sp³-hybridized carbons (Fsp3) is 0.667. The van der Waals surface area contributed by atoms with Crippen molar-refractivity contribution in [3.63, 3.8) is 0 Å². The standard InChI is InChI=1S/C9H16N4O3S/c1-5(2)13-8(10)11-12-9(13)17-4-6(14)3-7(15)16/h5-6,14H,3-4H2,1-2H3,(H2,10,11)(H,15,16). The molecular formula is C9H16N4O3S. The summed E-state index contributed by atoms with van der Waals surface area (Å²) in [5.41, 5.74) is 5.65. The van der Waals surface area contributed by atoms with Crippen molar-refractivity contribution in [1.29, 1.82) is 0 Å². The predicted molar refractivity (Wildman–Crippen MR) is 63.8 cm³/mol. The van der Waals surface area contributed by atoms with Crippen molar-refractivity contribution in [2.75, 3.05) is 11.5 Å². The van der Waals surface area contributed by atoms with Gasteiger partial charge in [-0.15, -0.1) is 10.2 Å². The second-order valence-corrected chi connectivity index (χ2v) is 4.85. The first kappa shape index (κ1) is 13.8. The SMILES string of the molecule is CC(C)n1c(N)nnc1SCC(O)CC(=O)O. The number of carboxylic acid groups (broad SMARTS) is 1. The summed E-state index contributed by atoms with van der Waals surface area (Å²) in [5, 5.41) is 26.1. The third-order valence-corrected chi connectivity index (χ3v) is 3.11. The molecule has 1 aromatic heterocycles. The highest BCUT2D eigenvalue weighted by atomic mass is 32.2. The van der Waals surface area contributed by atoms with E-state index in [9.17, 15) is 9.90 Å². The van der Waals surface area contributed by atoms with Gasteiger partial charge in [0, 0.05) is 11.8 Å². The Morgan fingerprint density at radius 3 is 2.71 bits per heavy atom. The molecule has 0 bridgehead atoms. The number of nitrogens with two attached hydrogens (primary N) is 1. The second-order valence-electron chi connectivity index (χ2n) is 3.87. The van der Waals surface area contributed by atoms with E-state index in [-0.39, 0.29) is 18.2 Å². The molecule has 0 spiro atoms. The van der Waals surface area contributed by atoms with Crippen molar-refractivity contribution < 1.29 is 15.0 Å². The Bertz CT molecular complexity index is 394. The van der Waals surface area contributed by atoms with Crippen LogP contribution in [-0.2, 0) is 4.79 Å². The zero-order valence-corrected chi connectivity index (χ0v) is 10.5. The maximum absolute atomic E-state index is 10.4. The molecule has 1 atom stereocenters. The van der Waals surface area contributed by atoms with Crippen LogP contribution in [0.4, 0.5) is 5.95 Å². The minimum absolute atomic E-state index is 0.115. The van der Waals surface area contributed by atoms with Gasteiger partial charge in [0.2, 0.25) is 5.95 Å². The lowest BCUT2D eigenvalue weighted by atomic mass is 10.3. The molecule has 0 aliphatic rings.